The van der Waals surface area contributed by atoms with E-state index in [1.54, 1.807) is 0 Å². The molecule has 2 N–H and O–H groups in total. The highest BCUT2D eigenvalue weighted by Gasteiger charge is 2.33. The lowest BCUT2D eigenvalue weighted by Crippen LogP contribution is -2.36. The first-order valence-corrected chi connectivity index (χ1v) is 8.91. The molecule has 1 aromatic carbocycles. The highest BCUT2D eigenvalue weighted by atomic mass is 79.9. The van der Waals surface area contributed by atoms with Gasteiger partial charge in [-0.1, -0.05) is 55.3 Å². The monoisotopic (exact) mass is 353 g/mol. The standard InChI is InChI=1S/C18H28BrNO/c1-12(2)16-9-4-13(3)10-17(16)21-18(11-20)14-5-7-15(19)8-6-14/h5-8,12-13,16-18H,4,9-11,20H2,1-3H3. The van der Waals surface area contributed by atoms with E-state index in [0.717, 1.165) is 16.8 Å². The van der Waals surface area contributed by atoms with Gasteiger partial charge in [-0.2, -0.15) is 0 Å². The van der Waals surface area contributed by atoms with Gasteiger partial charge in [-0.05, 0) is 48.3 Å². The van der Waals surface area contributed by atoms with Gasteiger partial charge in [-0.15, -0.1) is 0 Å². The minimum Gasteiger partial charge on any atom is -0.369 e. The van der Waals surface area contributed by atoms with Gasteiger partial charge in [0.25, 0.3) is 0 Å². The highest BCUT2D eigenvalue weighted by Crippen LogP contribution is 2.37. The maximum Gasteiger partial charge on any atom is 0.0950 e. The van der Waals surface area contributed by atoms with Crippen molar-refractivity contribution in [2.75, 3.05) is 6.54 Å². The molecule has 0 aromatic heterocycles. The summed E-state index contributed by atoms with van der Waals surface area (Å²) in [6.45, 7) is 7.50. The topological polar surface area (TPSA) is 35.2 Å². The van der Waals surface area contributed by atoms with Gasteiger partial charge in [0.1, 0.15) is 0 Å². The van der Waals surface area contributed by atoms with Gasteiger partial charge in [0.2, 0.25) is 0 Å². The zero-order chi connectivity index (χ0) is 15.4. The van der Waals surface area contributed by atoms with E-state index >= 15 is 0 Å². The molecule has 1 aromatic rings. The molecule has 1 saturated carbocycles. The van der Waals surface area contributed by atoms with Crippen molar-refractivity contribution in [3.8, 4) is 0 Å². The Balaban J connectivity index is 2.09. The van der Waals surface area contributed by atoms with Crippen LogP contribution in [-0.2, 0) is 4.74 Å². The van der Waals surface area contributed by atoms with Crippen molar-refractivity contribution in [2.24, 2.45) is 23.5 Å². The molecule has 2 rings (SSSR count). The third kappa shape index (κ3) is 4.54. The Morgan fingerprint density at radius 2 is 1.90 bits per heavy atom. The minimum absolute atomic E-state index is 0.00894. The number of halogens is 1. The maximum absolute atomic E-state index is 6.47. The normalized spacial score (nSPS) is 27.8. The fourth-order valence-corrected chi connectivity index (χ4v) is 3.69. The smallest absolute Gasteiger partial charge is 0.0950 e. The molecule has 3 heteroatoms. The van der Waals surface area contributed by atoms with E-state index in [2.05, 4.69) is 61.0 Å². The van der Waals surface area contributed by atoms with Crippen molar-refractivity contribution < 1.29 is 4.74 Å². The minimum atomic E-state index is 0.00894. The van der Waals surface area contributed by atoms with E-state index in [0.29, 0.717) is 24.5 Å². The fourth-order valence-electron chi connectivity index (χ4n) is 3.43. The summed E-state index contributed by atoms with van der Waals surface area (Å²) in [7, 11) is 0. The van der Waals surface area contributed by atoms with Crippen molar-refractivity contribution in [3.05, 3.63) is 34.3 Å². The second kappa shape index (κ2) is 7.75. The first-order chi connectivity index (χ1) is 10.0. The van der Waals surface area contributed by atoms with E-state index in [4.69, 9.17) is 10.5 Å². The molecule has 0 saturated heterocycles. The largest absolute Gasteiger partial charge is 0.369 e. The molecule has 21 heavy (non-hydrogen) atoms. The van der Waals surface area contributed by atoms with Crippen LogP contribution in [0.1, 0.15) is 51.7 Å². The van der Waals surface area contributed by atoms with Crippen LogP contribution in [0.25, 0.3) is 0 Å². The lowest BCUT2D eigenvalue weighted by Gasteiger charge is -2.39. The van der Waals surface area contributed by atoms with Gasteiger partial charge in [-0.3, -0.25) is 0 Å². The number of rotatable bonds is 5. The Labute approximate surface area is 137 Å². The van der Waals surface area contributed by atoms with Crippen LogP contribution in [0.2, 0.25) is 0 Å². The van der Waals surface area contributed by atoms with Crippen LogP contribution in [0.5, 0.6) is 0 Å². The van der Waals surface area contributed by atoms with Crippen LogP contribution in [0.4, 0.5) is 0 Å². The van der Waals surface area contributed by atoms with Crippen LogP contribution in [0, 0.1) is 17.8 Å². The molecule has 0 radical (unpaired) electrons. The van der Waals surface area contributed by atoms with Crippen molar-refractivity contribution in [2.45, 2.75) is 52.2 Å². The molecule has 4 atom stereocenters. The molecule has 4 unspecified atom stereocenters. The lowest BCUT2D eigenvalue weighted by molar-refractivity contribution is -0.0786. The Bertz CT molecular complexity index is 431. The van der Waals surface area contributed by atoms with Crippen LogP contribution >= 0.6 is 15.9 Å². The molecule has 1 fully saturated rings. The predicted molar refractivity (Wildman–Crippen MR) is 92.2 cm³/mol. The highest BCUT2D eigenvalue weighted by molar-refractivity contribution is 9.10. The fraction of sp³-hybridized carbons (Fsp3) is 0.667. The van der Waals surface area contributed by atoms with Gasteiger partial charge in [-0.25, -0.2) is 0 Å². The molecule has 2 nitrogen and oxygen atoms in total. The summed E-state index contributed by atoms with van der Waals surface area (Å²) in [5.41, 5.74) is 7.16. The van der Waals surface area contributed by atoms with Gasteiger partial charge in [0.15, 0.2) is 0 Å². The predicted octanol–water partition coefficient (Wildman–Crippen LogP) is 4.93. The number of nitrogens with two attached hydrogens (primary N) is 1. The van der Waals surface area contributed by atoms with Gasteiger partial charge < -0.3 is 10.5 Å². The third-order valence-corrected chi connectivity index (χ3v) is 5.28. The summed E-state index contributed by atoms with van der Waals surface area (Å²) in [5.74, 6) is 2.09. The average Bonchev–Trinajstić information content (AvgIpc) is 2.45. The molecule has 0 heterocycles. The van der Waals surface area contributed by atoms with E-state index in [1.165, 1.54) is 18.4 Å². The number of hydrogen-bond donors (Lipinski definition) is 1. The maximum atomic E-state index is 6.47. The summed E-state index contributed by atoms with van der Waals surface area (Å²) in [5, 5.41) is 0. The number of benzene rings is 1. The Kier molecular flexibility index (Phi) is 6.27. The molecule has 0 spiro atoms. The van der Waals surface area contributed by atoms with Crippen molar-refractivity contribution in [1.82, 2.24) is 0 Å². The molecule has 1 aliphatic rings. The number of hydrogen-bond acceptors (Lipinski definition) is 2. The summed E-state index contributed by atoms with van der Waals surface area (Å²) in [6, 6.07) is 8.34. The average molecular weight is 354 g/mol. The van der Waals surface area contributed by atoms with Crippen molar-refractivity contribution >= 4 is 15.9 Å². The quantitative estimate of drug-likeness (QED) is 0.814. The zero-order valence-corrected chi connectivity index (χ0v) is 15.0. The lowest BCUT2D eigenvalue weighted by atomic mass is 9.75. The SMILES string of the molecule is CC1CCC(C(C)C)C(OC(CN)c2ccc(Br)cc2)C1. The Morgan fingerprint density at radius 3 is 2.48 bits per heavy atom. The Hall–Kier alpha value is -0.380. The van der Waals surface area contributed by atoms with E-state index in [1.807, 2.05) is 0 Å². The first-order valence-electron chi connectivity index (χ1n) is 8.12. The molecule has 1 aliphatic carbocycles. The summed E-state index contributed by atoms with van der Waals surface area (Å²) >= 11 is 3.48. The van der Waals surface area contributed by atoms with E-state index in [-0.39, 0.29) is 6.10 Å². The van der Waals surface area contributed by atoms with Crippen molar-refractivity contribution in [3.63, 3.8) is 0 Å². The van der Waals surface area contributed by atoms with Crippen LogP contribution in [0.3, 0.4) is 0 Å². The van der Waals surface area contributed by atoms with E-state index in [9.17, 15) is 0 Å². The summed E-state index contributed by atoms with van der Waals surface area (Å²) in [6.07, 6.45) is 4.12. The molecule has 0 amide bonds. The summed E-state index contributed by atoms with van der Waals surface area (Å²) in [4.78, 5) is 0. The van der Waals surface area contributed by atoms with Gasteiger partial charge >= 0.3 is 0 Å². The molecular formula is C18H28BrNO. The van der Waals surface area contributed by atoms with Crippen LogP contribution in [-0.4, -0.2) is 12.6 Å². The number of ether oxygens (including phenoxy) is 1. The second-order valence-electron chi connectivity index (χ2n) is 6.78. The summed E-state index contributed by atoms with van der Waals surface area (Å²) < 4.78 is 7.56. The first kappa shape index (κ1) is 17.0. The molecular weight excluding hydrogens is 326 g/mol. The molecule has 118 valence electrons. The third-order valence-electron chi connectivity index (χ3n) is 4.76. The molecule has 0 bridgehead atoms. The Morgan fingerprint density at radius 1 is 1.24 bits per heavy atom. The van der Waals surface area contributed by atoms with Gasteiger partial charge in [0, 0.05) is 11.0 Å². The van der Waals surface area contributed by atoms with E-state index < -0.39 is 0 Å². The van der Waals surface area contributed by atoms with Crippen LogP contribution < -0.4 is 5.73 Å². The zero-order valence-electron chi connectivity index (χ0n) is 13.4. The van der Waals surface area contributed by atoms with Crippen LogP contribution in [0.15, 0.2) is 28.7 Å². The van der Waals surface area contributed by atoms with Gasteiger partial charge in [0.05, 0.1) is 12.2 Å². The van der Waals surface area contributed by atoms with Crippen molar-refractivity contribution in [1.29, 1.82) is 0 Å². The second-order valence-corrected chi connectivity index (χ2v) is 7.69. The molecule has 0 aliphatic heterocycles.